The average molecular weight is 589 g/mol. The lowest BCUT2D eigenvalue weighted by Crippen LogP contribution is -2.37. The number of hydrogen-bond acceptors (Lipinski definition) is 7. The van der Waals surface area contributed by atoms with Gasteiger partial charge < -0.3 is 29.5 Å². The highest BCUT2D eigenvalue weighted by atomic mass is 16.5. The Morgan fingerprint density at radius 3 is 2.33 bits per heavy atom. The van der Waals surface area contributed by atoms with E-state index in [4.69, 9.17) is 14.2 Å². The second kappa shape index (κ2) is 15.8. The number of carbonyl (C=O) groups excluding carboxylic acids is 1. The van der Waals surface area contributed by atoms with Crippen LogP contribution in [-0.4, -0.2) is 47.5 Å². The van der Waals surface area contributed by atoms with Gasteiger partial charge in [0.1, 0.15) is 11.9 Å². The van der Waals surface area contributed by atoms with Crippen molar-refractivity contribution in [1.29, 1.82) is 0 Å². The van der Waals surface area contributed by atoms with E-state index in [-0.39, 0.29) is 23.5 Å². The zero-order chi connectivity index (χ0) is 31.5. The Labute approximate surface area is 255 Å². The van der Waals surface area contributed by atoms with Crippen molar-refractivity contribution < 1.29 is 34.3 Å². The lowest BCUT2D eigenvalue weighted by atomic mass is 9.76. The third-order valence-electron chi connectivity index (χ3n) is 7.61. The second-order valence-corrected chi connectivity index (χ2v) is 11.2. The zero-order valence-corrected chi connectivity index (χ0v) is 25.9. The van der Waals surface area contributed by atoms with Gasteiger partial charge in [-0.3, -0.25) is 4.79 Å². The second-order valence-electron chi connectivity index (χ2n) is 11.2. The highest BCUT2D eigenvalue weighted by Crippen LogP contribution is 2.37. The molecular formula is C36H44O7. The SMILES string of the molecule is COc1cc(/C=C/C(=O)/C=C(O)/C=C/c2ccc(O[C@H]3C=C(C)[C@@H](O)C[C@@H]3[C@@H](C)CCC=C(C)C)c(OC)c2)ccc1O. The fourth-order valence-electron chi connectivity index (χ4n) is 5.03. The van der Waals surface area contributed by atoms with Gasteiger partial charge >= 0.3 is 0 Å². The molecule has 0 saturated carbocycles. The average Bonchev–Trinajstić information content (AvgIpc) is 2.97. The van der Waals surface area contributed by atoms with E-state index in [0.29, 0.717) is 35.2 Å². The number of aliphatic hydroxyl groups is 2. The van der Waals surface area contributed by atoms with Gasteiger partial charge in [-0.2, -0.15) is 0 Å². The van der Waals surface area contributed by atoms with E-state index in [1.807, 2.05) is 25.1 Å². The van der Waals surface area contributed by atoms with Crippen molar-refractivity contribution in [3.05, 3.63) is 94.8 Å². The normalized spacial score (nSPS) is 19.7. The molecule has 2 aromatic rings. The minimum absolute atomic E-state index is 0.00940. The maximum Gasteiger partial charge on any atom is 0.182 e. The van der Waals surface area contributed by atoms with Crippen LogP contribution in [0.25, 0.3) is 12.2 Å². The quantitative estimate of drug-likeness (QED) is 0.0957. The third-order valence-corrected chi connectivity index (χ3v) is 7.61. The van der Waals surface area contributed by atoms with Crippen LogP contribution in [0.4, 0.5) is 0 Å². The monoisotopic (exact) mass is 588 g/mol. The van der Waals surface area contributed by atoms with E-state index in [1.54, 1.807) is 37.5 Å². The van der Waals surface area contributed by atoms with Crippen molar-refractivity contribution in [3.63, 3.8) is 0 Å². The van der Waals surface area contributed by atoms with Crippen LogP contribution in [0.1, 0.15) is 58.1 Å². The summed E-state index contributed by atoms with van der Waals surface area (Å²) < 4.78 is 17.2. The highest BCUT2D eigenvalue weighted by Gasteiger charge is 2.34. The molecule has 2 aromatic carbocycles. The van der Waals surface area contributed by atoms with E-state index < -0.39 is 11.9 Å². The molecule has 0 spiro atoms. The van der Waals surface area contributed by atoms with E-state index >= 15 is 0 Å². The first-order valence-electron chi connectivity index (χ1n) is 14.5. The van der Waals surface area contributed by atoms with Crippen molar-refractivity contribution in [2.24, 2.45) is 11.8 Å². The molecule has 43 heavy (non-hydrogen) atoms. The first kappa shape index (κ1) is 33.3. The maximum atomic E-state index is 12.3. The maximum absolute atomic E-state index is 12.3. The van der Waals surface area contributed by atoms with Crippen LogP contribution in [-0.2, 0) is 4.79 Å². The van der Waals surface area contributed by atoms with Gasteiger partial charge in [-0.25, -0.2) is 0 Å². The Morgan fingerprint density at radius 1 is 1.00 bits per heavy atom. The van der Waals surface area contributed by atoms with E-state index in [0.717, 1.165) is 30.1 Å². The summed E-state index contributed by atoms with van der Waals surface area (Å²) in [7, 11) is 3.02. The molecule has 0 saturated heterocycles. The number of phenolic OH excluding ortho intramolecular Hbond substituents is 1. The number of benzene rings is 2. The number of ketones is 1. The molecule has 4 atom stereocenters. The number of aliphatic hydroxyl groups excluding tert-OH is 2. The number of hydrogen-bond donors (Lipinski definition) is 3. The van der Waals surface area contributed by atoms with Gasteiger partial charge in [0.25, 0.3) is 0 Å². The predicted molar refractivity (Wildman–Crippen MR) is 172 cm³/mol. The summed E-state index contributed by atoms with van der Waals surface area (Å²) in [5, 5.41) is 30.6. The smallest absolute Gasteiger partial charge is 0.182 e. The standard InChI is InChI=1S/C36H44O7/c1-23(2)8-7-9-24(3)30-22-32(40)25(4)18-34(30)43-33-17-13-27(20-36(33)42-6)11-15-29(38)21-28(37)14-10-26-12-16-31(39)35(19-26)41-5/h8,10-21,24,30,32,34,38-40H,7,9,22H2,1-6H3/b14-10+,15-11+,29-21-/t24-,30+,32-,34-/m0/s1. The summed E-state index contributed by atoms with van der Waals surface area (Å²) >= 11 is 0. The lowest BCUT2D eigenvalue weighted by molar-refractivity contribution is -0.110. The summed E-state index contributed by atoms with van der Waals surface area (Å²) in [4.78, 5) is 12.3. The molecule has 230 valence electrons. The first-order valence-corrected chi connectivity index (χ1v) is 14.5. The Bertz CT molecular complexity index is 1410. The number of aromatic hydroxyl groups is 1. The van der Waals surface area contributed by atoms with Crippen LogP contribution in [0, 0.1) is 11.8 Å². The van der Waals surface area contributed by atoms with Crippen LogP contribution in [0.15, 0.2) is 83.7 Å². The van der Waals surface area contributed by atoms with Gasteiger partial charge in [0, 0.05) is 12.0 Å². The fourth-order valence-corrected chi connectivity index (χ4v) is 5.03. The minimum atomic E-state index is -0.468. The molecule has 0 radical (unpaired) electrons. The largest absolute Gasteiger partial charge is 0.508 e. The Hall–Kier alpha value is -4.23. The van der Waals surface area contributed by atoms with Gasteiger partial charge in [-0.15, -0.1) is 0 Å². The Morgan fingerprint density at radius 2 is 1.65 bits per heavy atom. The predicted octanol–water partition coefficient (Wildman–Crippen LogP) is 7.60. The molecule has 0 aromatic heterocycles. The van der Waals surface area contributed by atoms with Gasteiger partial charge in [0.15, 0.2) is 28.8 Å². The molecule has 0 amide bonds. The van der Waals surface area contributed by atoms with Crippen molar-refractivity contribution >= 4 is 17.9 Å². The van der Waals surface area contributed by atoms with Crippen molar-refractivity contribution in [3.8, 4) is 23.0 Å². The van der Waals surface area contributed by atoms with Crippen LogP contribution >= 0.6 is 0 Å². The molecule has 1 aliphatic carbocycles. The Balaban J connectivity index is 1.70. The minimum Gasteiger partial charge on any atom is -0.508 e. The molecule has 3 N–H and O–H groups in total. The Kier molecular flexibility index (Phi) is 12.3. The van der Waals surface area contributed by atoms with Gasteiger partial charge in [-0.1, -0.05) is 42.9 Å². The topological polar surface area (TPSA) is 105 Å². The molecule has 0 unspecified atom stereocenters. The van der Waals surface area contributed by atoms with Gasteiger partial charge in [-0.05, 0) is 105 Å². The number of rotatable bonds is 13. The highest BCUT2D eigenvalue weighted by molar-refractivity contribution is 6.02. The van der Waals surface area contributed by atoms with E-state index in [1.165, 1.54) is 30.9 Å². The number of allylic oxidation sites excluding steroid dienone is 5. The number of phenols is 1. The zero-order valence-electron chi connectivity index (χ0n) is 25.9. The molecule has 1 aliphatic rings. The fraction of sp³-hybridized carbons (Fsp3) is 0.361. The van der Waals surface area contributed by atoms with Crippen molar-refractivity contribution in [1.82, 2.24) is 0 Å². The summed E-state index contributed by atoms with van der Waals surface area (Å²) in [6, 6.07) is 10.2. The molecule has 7 nitrogen and oxygen atoms in total. The van der Waals surface area contributed by atoms with Crippen LogP contribution in [0.2, 0.25) is 0 Å². The third kappa shape index (κ3) is 9.93. The molecule has 3 rings (SSSR count). The molecule has 0 bridgehead atoms. The summed E-state index contributed by atoms with van der Waals surface area (Å²) in [6.07, 6.45) is 13.4. The number of carbonyl (C=O) groups is 1. The molecular weight excluding hydrogens is 544 g/mol. The van der Waals surface area contributed by atoms with Crippen LogP contribution in [0.3, 0.4) is 0 Å². The summed E-state index contributed by atoms with van der Waals surface area (Å²) in [5.41, 5.74) is 3.63. The molecule has 0 heterocycles. The van der Waals surface area contributed by atoms with Crippen LogP contribution < -0.4 is 14.2 Å². The summed E-state index contributed by atoms with van der Waals surface area (Å²) in [6.45, 7) is 8.36. The molecule has 7 heteroatoms. The van der Waals surface area contributed by atoms with Crippen LogP contribution in [0.5, 0.6) is 23.0 Å². The van der Waals surface area contributed by atoms with Crippen molar-refractivity contribution in [2.45, 2.75) is 59.2 Å². The first-order chi connectivity index (χ1) is 20.5. The van der Waals surface area contributed by atoms with Gasteiger partial charge in [0.05, 0.1) is 20.3 Å². The lowest BCUT2D eigenvalue weighted by Gasteiger charge is -2.36. The summed E-state index contributed by atoms with van der Waals surface area (Å²) in [5.74, 6) is 1.35. The van der Waals surface area contributed by atoms with Crippen molar-refractivity contribution in [2.75, 3.05) is 14.2 Å². The molecule has 0 fully saturated rings. The number of ether oxygens (including phenoxy) is 3. The number of methoxy groups -OCH3 is 2. The molecule has 0 aliphatic heterocycles. The van der Waals surface area contributed by atoms with E-state index in [2.05, 4.69) is 26.8 Å². The van der Waals surface area contributed by atoms with E-state index in [9.17, 15) is 20.1 Å². The van der Waals surface area contributed by atoms with Gasteiger partial charge in [0.2, 0.25) is 0 Å².